The second kappa shape index (κ2) is 9.44. The van der Waals surface area contributed by atoms with Gasteiger partial charge in [0.05, 0.1) is 0 Å². The van der Waals surface area contributed by atoms with Gasteiger partial charge in [0.25, 0.3) is 0 Å². The maximum Gasteiger partial charge on any atom is -0.00264 e. The number of hydrogen-bond acceptors (Lipinski definition) is 0. The molecule has 0 N–H and O–H groups in total. The maximum atomic E-state index is 4.22. The smallest absolute Gasteiger partial charge is 0.00264 e. The highest BCUT2D eigenvalue weighted by atomic mass is 14.2. The van der Waals surface area contributed by atoms with E-state index in [-0.39, 0.29) is 0 Å². The molecule has 168 valence electrons. The lowest BCUT2D eigenvalue weighted by atomic mass is 9.83. The molecule has 0 fully saturated rings. The van der Waals surface area contributed by atoms with Crippen LogP contribution in [0.25, 0.3) is 61.5 Å². The minimum Gasteiger partial charge on any atom is -0.0985 e. The average molecular weight is 449 g/mol. The summed E-state index contributed by atoms with van der Waals surface area (Å²) in [6, 6.07) is 32.5. The van der Waals surface area contributed by atoms with Crippen LogP contribution in [-0.4, -0.2) is 0 Å². The maximum absolute atomic E-state index is 4.22. The summed E-state index contributed by atoms with van der Waals surface area (Å²) in [4.78, 5) is 0. The third kappa shape index (κ3) is 3.84. The van der Waals surface area contributed by atoms with E-state index in [2.05, 4.69) is 117 Å². The van der Waals surface area contributed by atoms with Crippen LogP contribution in [0.4, 0.5) is 0 Å². The van der Waals surface area contributed by atoms with Gasteiger partial charge >= 0.3 is 0 Å². The van der Waals surface area contributed by atoms with Gasteiger partial charge in [0.15, 0.2) is 0 Å². The summed E-state index contributed by atoms with van der Waals surface area (Å²) in [6.07, 6.45) is 7.94. The number of benzene rings is 5. The van der Waals surface area contributed by atoms with Crippen molar-refractivity contribution >= 4 is 39.3 Å². The van der Waals surface area contributed by atoms with Crippen molar-refractivity contribution in [2.75, 3.05) is 0 Å². The fourth-order valence-electron chi connectivity index (χ4n) is 5.11. The Morgan fingerprint density at radius 2 is 1.17 bits per heavy atom. The Kier molecular flexibility index (Phi) is 6.04. The lowest BCUT2D eigenvalue weighted by Gasteiger charge is -2.20. The summed E-state index contributed by atoms with van der Waals surface area (Å²) in [5, 5.41) is 4.85. The van der Waals surface area contributed by atoms with Gasteiger partial charge in [0, 0.05) is 0 Å². The van der Waals surface area contributed by atoms with E-state index in [1.165, 1.54) is 49.4 Å². The number of rotatable bonds is 6. The normalized spacial score (nSPS) is 11.5. The van der Waals surface area contributed by atoms with Gasteiger partial charge in [-0.1, -0.05) is 123 Å². The molecule has 0 unspecified atom stereocenters. The first-order chi connectivity index (χ1) is 17.2. The van der Waals surface area contributed by atoms with Crippen molar-refractivity contribution in [3.8, 4) is 22.3 Å². The highest BCUT2D eigenvalue weighted by Gasteiger charge is 2.18. The summed E-state index contributed by atoms with van der Waals surface area (Å²) >= 11 is 0. The van der Waals surface area contributed by atoms with Crippen molar-refractivity contribution in [1.82, 2.24) is 0 Å². The molecule has 0 aromatic heterocycles. The first kappa shape index (κ1) is 22.4. The van der Waals surface area contributed by atoms with Crippen LogP contribution in [0.15, 0.2) is 123 Å². The summed E-state index contributed by atoms with van der Waals surface area (Å²) in [7, 11) is 0. The van der Waals surface area contributed by atoms with Crippen LogP contribution in [0.2, 0.25) is 0 Å². The summed E-state index contributed by atoms with van der Waals surface area (Å²) in [5.74, 6) is 0. The monoisotopic (exact) mass is 448 g/mol. The lowest BCUT2D eigenvalue weighted by Crippen LogP contribution is -1.96. The van der Waals surface area contributed by atoms with Crippen LogP contribution in [0.5, 0.6) is 0 Å². The summed E-state index contributed by atoms with van der Waals surface area (Å²) < 4.78 is 0. The molecular formula is C35H28. The molecule has 0 heterocycles. The molecular weight excluding hydrogens is 420 g/mol. The number of fused-ring (bicyclic) bond motifs is 2. The third-order valence-electron chi connectivity index (χ3n) is 6.76. The van der Waals surface area contributed by atoms with Crippen molar-refractivity contribution in [2.45, 2.75) is 6.92 Å². The van der Waals surface area contributed by atoms with Gasteiger partial charge in [-0.05, 0) is 85.1 Å². The second-order valence-corrected chi connectivity index (χ2v) is 8.62. The van der Waals surface area contributed by atoms with Gasteiger partial charge in [-0.2, -0.15) is 0 Å². The van der Waals surface area contributed by atoms with Crippen LogP contribution in [0, 0.1) is 0 Å². The minimum atomic E-state index is 1.11. The van der Waals surface area contributed by atoms with Gasteiger partial charge < -0.3 is 0 Å². The van der Waals surface area contributed by atoms with Gasteiger partial charge in [0.2, 0.25) is 0 Å². The molecule has 0 atom stereocenters. The fourth-order valence-corrected chi connectivity index (χ4v) is 5.11. The molecule has 5 aromatic carbocycles. The van der Waals surface area contributed by atoms with Gasteiger partial charge in [0.1, 0.15) is 0 Å². The number of hydrogen-bond donors (Lipinski definition) is 0. The molecule has 0 radical (unpaired) electrons. The van der Waals surface area contributed by atoms with Crippen molar-refractivity contribution in [3.63, 3.8) is 0 Å². The number of allylic oxidation sites excluding steroid dienone is 3. The second-order valence-electron chi connectivity index (χ2n) is 8.62. The molecule has 0 aliphatic rings. The molecule has 0 amide bonds. The molecule has 0 saturated heterocycles. The fraction of sp³-hybridized carbons (Fsp3) is 0.0286. The Labute approximate surface area is 207 Å². The Bertz CT molecular complexity index is 1630. The van der Waals surface area contributed by atoms with E-state index in [1.54, 1.807) is 0 Å². The van der Waals surface area contributed by atoms with Crippen LogP contribution in [0.3, 0.4) is 0 Å². The van der Waals surface area contributed by atoms with E-state index < -0.39 is 0 Å². The molecule has 0 spiro atoms. The Morgan fingerprint density at radius 1 is 0.600 bits per heavy atom. The summed E-state index contributed by atoms with van der Waals surface area (Å²) in [5.41, 5.74) is 9.29. The standard InChI is InChI=1S/C35H28/c1-5-24(6-2)26-18-19-28-23-29(21-20-27(28)22-26)35-31(8-4)30(7-3)34(25-14-10-9-11-15-25)32-16-12-13-17-33(32)35/h5-23H,1,3-4H2,2H3/b24-6+. The molecule has 0 saturated carbocycles. The zero-order valence-corrected chi connectivity index (χ0v) is 20.1. The van der Waals surface area contributed by atoms with Crippen molar-refractivity contribution in [3.05, 3.63) is 140 Å². The molecule has 35 heavy (non-hydrogen) atoms. The molecule has 0 aliphatic carbocycles. The Hall–Kier alpha value is -4.42. The third-order valence-corrected chi connectivity index (χ3v) is 6.76. The zero-order chi connectivity index (χ0) is 24.4. The molecule has 0 aliphatic heterocycles. The zero-order valence-electron chi connectivity index (χ0n) is 20.1. The van der Waals surface area contributed by atoms with E-state index in [4.69, 9.17) is 0 Å². The van der Waals surface area contributed by atoms with Crippen molar-refractivity contribution in [1.29, 1.82) is 0 Å². The van der Waals surface area contributed by atoms with Crippen molar-refractivity contribution in [2.24, 2.45) is 0 Å². The van der Waals surface area contributed by atoms with Gasteiger partial charge in [-0.15, -0.1) is 0 Å². The summed E-state index contributed by atoms with van der Waals surface area (Å²) in [6.45, 7) is 14.4. The van der Waals surface area contributed by atoms with E-state index in [1.807, 2.05) is 25.2 Å². The lowest BCUT2D eigenvalue weighted by molar-refractivity contribution is 1.58. The predicted octanol–water partition coefficient (Wildman–Crippen LogP) is 10.2. The molecule has 0 nitrogen and oxygen atoms in total. The van der Waals surface area contributed by atoms with Crippen LogP contribution < -0.4 is 0 Å². The molecule has 5 rings (SSSR count). The van der Waals surface area contributed by atoms with E-state index in [9.17, 15) is 0 Å². The van der Waals surface area contributed by atoms with E-state index in [0.717, 1.165) is 16.7 Å². The molecule has 0 bridgehead atoms. The Balaban J connectivity index is 1.81. The van der Waals surface area contributed by atoms with Crippen LogP contribution in [-0.2, 0) is 0 Å². The average Bonchev–Trinajstić information content (AvgIpc) is 2.92. The largest absolute Gasteiger partial charge is 0.0985 e. The van der Waals surface area contributed by atoms with Crippen LogP contribution in [0.1, 0.15) is 23.6 Å². The first-order valence-corrected chi connectivity index (χ1v) is 11.9. The SMILES string of the molecule is C=C/C(=C\C)c1ccc2cc(-c3c(C=C)c(C=C)c(-c4ccccc4)c4ccccc34)ccc2c1. The predicted molar refractivity (Wildman–Crippen MR) is 156 cm³/mol. The van der Waals surface area contributed by atoms with Gasteiger partial charge in [-0.3, -0.25) is 0 Å². The first-order valence-electron chi connectivity index (χ1n) is 11.9. The highest BCUT2D eigenvalue weighted by Crippen LogP contribution is 2.43. The van der Waals surface area contributed by atoms with E-state index >= 15 is 0 Å². The minimum absolute atomic E-state index is 1.11. The van der Waals surface area contributed by atoms with Gasteiger partial charge in [-0.25, -0.2) is 0 Å². The quantitative estimate of drug-likeness (QED) is 0.227. The molecule has 0 heteroatoms. The van der Waals surface area contributed by atoms with Crippen LogP contribution >= 0.6 is 0 Å². The molecule has 5 aromatic rings. The van der Waals surface area contributed by atoms with Crippen molar-refractivity contribution < 1.29 is 0 Å². The Morgan fingerprint density at radius 3 is 1.77 bits per heavy atom. The highest BCUT2D eigenvalue weighted by molar-refractivity contribution is 6.12. The van der Waals surface area contributed by atoms with E-state index in [0.29, 0.717) is 0 Å². The topological polar surface area (TPSA) is 0 Å².